The molecule has 2 rings (SSSR count). The highest BCUT2D eigenvalue weighted by molar-refractivity contribution is 6.00. The Kier molecular flexibility index (Phi) is 5.64. The van der Waals surface area contributed by atoms with E-state index in [1.54, 1.807) is 4.90 Å². The first-order chi connectivity index (χ1) is 11.0. The monoisotopic (exact) mass is 317 g/mol. The van der Waals surface area contributed by atoms with E-state index in [-0.39, 0.29) is 17.9 Å². The van der Waals surface area contributed by atoms with E-state index >= 15 is 0 Å². The number of nitrogens with zero attached hydrogens (tertiary/aromatic N) is 2. The molecule has 1 aromatic carbocycles. The fourth-order valence-corrected chi connectivity index (χ4v) is 2.98. The number of urea groups is 1. The molecule has 1 aliphatic rings. The first-order valence-electron chi connectivity index (χ1n) is 8.44. The van der Waals surface area contributed by atoms with Crippen LogP contribution in [0.25, 0.3) is 0 Å². The van der Waals surface area contributed by atoms with Crippen LogP contribution in [0.5, 0.6) is 0 Å². The first-order valence-corrected chi connectivity index (χ1v) is 8.44. The van der Waals surface area contributed by atoms with E-state index in [4.69, 9.17) is 0 Å². The number of hydrogen-bond donors (Lipinski definition) is 1. The largest absolute Gasteiger partial charge is 0.326 e. The van der Waals surface area contributed by atoms with Crippen LogP contribution < -0.4 is 10.2 Å². The Labute approximate surface area is 138 Å². The quantitative estimate of drug-likeness (QED) is 0.907. The van der Waals surface area contributed by atoms with Crippen LogP contribution in [0.15, 0.2) is 24.3 Å². The molecule has 0 aliphatic carbocycles. The molecule has 0 radical (unpaired) electrons. The van der Waals surface area contributed by atoms with Gasteiger partial charge in [0.2, 0.25) is 5.91 Å². The van der Waals surface area contributed by atoms with Crippen LogP contribution in [0.1, 0.15) is 33.3 Å². The Morgan fingerprint density at radius 3 is 2.48 bits per heavy atom. The van der Waals surface area contributed by atoms with Crippen molar-refractivity contribution in [2.24, 2.45) is 5.92 Å². The lowest BCUT2D eigenvalue weighted by molar-refractivity contribution is -0.121. The summed E-state index contributed by atoms with van der Waals surface area (Å²) in [5, 5.41) is 2.92. The predicted molar refractivity (Wildman–Crippen MR) is 92.6 cm³/mol. The molecule has 0 spiro atoms. The Morgan fingerprint density at radius 2 is 1.87 bits per heavy atom. The summed E-state index contributed by atoms with van der Waals surface area (Å²) in [6.45, 7) is 9.75. The number of hydrogen-bond acceptors (Lipinski definition) is 2. The van der Waals surface area contributed by atoms with Gasteiger partial charge >= 0.3 is 6.03 Å². The number of fused-ring (bicyclic) bond motifs is 1. The number of carbonyl (C=O) groups is 2. The minimum Gasteiger partial charge on any atom is -0.326 e. The standard InChI is InChI=1S/C18H27N3O2/c1-5-20(6-2)18(23)19-16(13(3)4)17(22)21-12-11-14-9-7-8-10-15(14)21/h7-10,13,16H,5-6,11-12H2,1-4H3,(H,19,23)/t16-/m0/s1. The van der Waals surface area contributed by atoms with Gasteiger partial charge in [0.15, 0.2) is 0 Å². The molecule has 1 aliphatic heterocycles. The van der Waals surface area contributed by atoms with E-state index < -0.39 is 6.04 Å². The highest BCUT2D eigenvalue weighted by atomic mass is 16.2. The zero-order chi connectivity index (χ0) is 17.0. The summed E-state index contributed by atoms with van der Waals surface area (Å²) in [6, 6.07) is 7.30. The normalized spacial score (nSPS) is 14.6. The minimum atomic E-state index is -0.505. The lowest BCUT2D eigenvalue weighted by Crippen LogP contribution is -2.54. The fraction of sp³-hybridized carbons (Fsp3) is 0.556. The van der Waals surface area contributed by atoms with Gasteiger partial charge in [0.25, 0.3) is 0 Å². The van der Waals surface area contributed by atoms with Gasteiger partial charge in [0, 0.05) is 25.3 Å². The van der Waals surface area contributed by atoms with Crippen molar-refractivity contribution in [3.63, 3.8) is 0 Å². The molecular weight excluding hydrogens is 290 g/mol. The number of benzene rings is 1. The number of anilines is 1. The first kappa shape index (κ1) is 17.3. The average molecular weight is 317 g/mol. The molecule has 0 bridgehead atoms. The zero-order valence-corrected chi connectivity index (χ0v) is 14.5. The van der Waals surface area contributed by atoms with Crippen LogP contribution in [-0.4, -0.2) is 42.5 Å². The zero-order valence-electron chi connectivity index (χ0n) is 14.5. The number of amides is 3. The summed E-state index contributed by atoms with van der Waals surface area (Å²) in [4.78, 5) is 28.8. The van der Waals surface area contributed by atoms with E-state index in [0.717, 1.165) is 12.1 Å². The van der Waals surface area contributed by atoms with E-state index in [1.165, 1.54) is 5.56 Å². The highest BCUT2D eigenvalue weighted by Gasteiger charge is 2.33. The fourth-order valence-electron chi connectivity index (χ4n) is 2.98. The van der Waals surface area contributed by atoms with Crippen molar-refractivity contribution in [3.8, 4) is 0 Å². The van der Waals surface area contributed by atoms with Gasteiger partial charge in [-0.1, -0.05) is 32.0 Å². The molecule has 0 fully saturated rings. The van der Waals surface area contributed by atoms with E-state index in [2.05, 4.69) is 11.4 Å². The van der Waals surface area contributed by atoms with Gasteiger partial charge in [-0.2, -0.15) is 0 Å². The summed E-state index contributed by atoms with van der Waals surface area (Å²) >= 11 is 0. The number of rotatable bonds is 5. The Balaban J connectivity index is 2.15. The maximum absolute atomic E-state index is 13.0. The highest BCUT2D eigenvalue weighted by Crippen LogP contribution is 2.28. The molecule has 5 heteroatoms. The van der Waals surface area contributed by atoms with Gasteiger partial charge in [-0.15, -0.1) is 0 Å². The summed E-state index contributed by atoms with van der Waals surface area (Å²) in [5.74, 6) is 0.0141. The van der Waals surface area contributed by atoms with E-state index in [0.29, 0.717) is 19.6 Å². The molecule has 126 valence electrons. The Bertz CT molecular complexity index is 567. The van der Waals surface area contributed by atoms with Crippen LogP contribution in [0, 0.1) is 5.92 Å². The van der Waals surface area contributed by atoms with Gasteiger partial charge in [-0.3, -0.25) is 4.79 Å². The third kappa shape index (κ3) is 3.66. The molecular formula is C18H27N3O2. The van der Waals surface area contributed by atoms with Crippen molar-refractivity contribution in [1.29, 1.82) is 0 Å². The summed E-state index contributed by atoms with van der Waals surface area (Å²) in [5.41, 5.74) is 2.17. The molecule has 0 saturated heterocycles. The second kappa shape index (κ2) is 7.49. The predicted octanol–water partition coefficient (Wildman–Crippen LogP) is 2.65. The third-order valence-corrected chi connectivity index (χ3v) is 4.42. The van der Waals surface area contributed by atoms with Crippen molar-refractivity contribution < 1.29 is 9.59 Å². The van der Waals surface area contributed by atoms with Gasteiger partial charge in [0.1, 0.15) is 6.04 Å². The van der Waals surface area contributed by atoms with Gasteiger partial charge in [-0.25, -0.2) is 4.79 Å². The second-order valence-corrected chi connectivity index (χ2v) is 6.21. The van der Waals surface area contributed by atoms with Gasteiger partial charge in [0.05, 0.1) is 0 Å². The lowest BCUT2D eigenvalue weighted by atomic mass is 10.0. The van der Waals surface area contributed by atoms with Crippen LogP contribution in [0.2, 0.25) is 0 Å². The Morgan fingerprint density at radius 1 is 1.22 bits per heavy atom. The lowest BCUT2D eigenvalue weighted by Gasteiger charge is -2.29. The van der Waals surface area contributed by atoms with E-state index in [1.807, 2.05) is 50.8 Å². The Hall–Kier alpha value is -2.04. The van der Waals surface area contributed by atoms with Crippen LogP contribution >= 0.6 is 0 Å². The van der Waals surface area contributed by atoms with Gasteiger partial charge < -0.3 is 15.1 Å². The van der Waals surface area contributed by atoms with Gasteiger partial charge in [-0.05, 0) is 37.8 Å². The summed E-state index contributed by atoms with van der Waals surface area (Å²) in [7, 11) is 0. The topological polar surface area (TPSA) is 52.7 Å². The summed E-state index contributed by atoms with van der Waals surface area (Å²) < 4.78 is 0. The smallest absolute Gasteiger partial charge is 0.318 e. The molecule has 1 N–H and O–H groups in total. The molecule has 0 unspecified atom stereocenters. The molecule has 1 atom stereocenters. The number of para-hydroxylation sites is 1. The second-order valence-electron chi connectivity index (χ2n) is 6.21. The number of carbonyl (C=O) groups excluding carboxylic acids is 2. The maximum atomic E-state index is 13.0. The van der Waals surface area contributed by atoms with Crippen LogP contribution in [0.3, 0.4) is 0 Å². The minimum absolute atomic E-state index is 0.0227. The average Bonchev–Trinajstić information content (AvgIpc) is 2.97. The van der Waals surface area contributed by atoms with E-state index in [9.17, 15) is 9.59 Å². The SMILES string of the molecule is CCN(CC)C(=O)N[C@H](C(=O)N1CCc2ccccc21)C(C)C. The molecule has 5 nitrogen and oxygen atoms in total. The van der Waals surface area contributed by atoms with Crippen molar-refractivity contribution >= 4 is 17.6 Å². The molecule has 1 aromatic rings. The molecule has 0 saturated carbocycles. The van der Waals surface area contributed by atoms with Crippen LogP contribution in [0.4, 0.5) is 10.5 Å². The molecule has 0 aromatic heterocycles. The molecule has 3 amide bonds. The summed E-state index contributed by atoms with van der Waals surface area (Å²) in [6.07, 6.45) is 0.872. The molecule has 23 heavy (non-hydrogen) atoms. The number of nitrogens with one attached hydrogen (secondary N) is 1. The maximum Gasteiger partial charge on any atom is 0.318 e. The van der Waals surface area contributed by atoms with Crippen molar-refractivity contribution in [3.05, 3.63) is 29.8 Å². The van der Waals surface area contributed by atoms with Crippen molar-refractivity contribution in [2.45, 2.75) is 40.2 Å². The molecule has 1 heterocycles. The van der Waals surface area contributed by atoms with Crippen molar-refractivity contribution in [1.82, 2.24) is 10.2 Å². The van der Waals surface area contributed by atoms with Crippen LogP contribution in [-0.2, 0) is 11.2 Å². The third-order valence-electron chi connectivity index (χ3n) is 4.42. The van der Waals surface area contributed by atoms with Crippen molar-refractivity contribution in [2.75, 3.05) is 24.5 Å².